The summed E-state index contributed by atoms with van der Waals surface area (Å²) in [5.41, 5.74) is 5.24. The maximum absolute atomic E-state index is 12.8. The van der Waals surface area contributed by atoms with Gasteiger partial charge in [0, 0.05) is 6.20 Å². The summed E-state index contributed by atoms with van der Waals surface area (Å²) in [5.74, 6) is -0.967. The van der Waals surface area contributed by atoms with Crippen LogP contribution in [0.1, 0.15) is 5.69 Å². The molecule has 1 heterocycles. The molecule has 0 aliphatic heterocycles. The average molecular weight is 233 g/mol. The zero-order valence-corrected chi connectivity index (χ0v) is 7.64. The second-order valence-corrected chi connectivity index (χ2v) is 3.09. The fraction of sp³-hybridized carbons (Fsp3) is 0.143. The van der Waals surface area contributed by atoms with Gasteiger partial charge >= 0.3 is 0 Å². The van der Waals surface area contributed by atoms with Crippen LogP contribution in [0.4, 0.5) is 4.39 Å². The third-order valence-electron chi connectivity index (χ3n) is 1.22. The van der Waals surface area contributed by atoms with Crippen LogP contribution in [-0.2, 0) is 11.2 Å². The summed E-state index contributed by atoms with van der Waals surface area (Å²) in [5, 5.41) is 0. The Morgan fingerprint density at radius 3 is 2.92 bits per heavy atom. The first-order valence-electron chi connectivity index (χ1n) is 3.18. The number of hydrogen-bond acceptors (Lipinski definition) is 2. The molecule has 3 nitrogen and oxygen atoms in total. The second-order valence-electron chi connectivity index (χ2n) is 2.23. The predicted molar refractivity (Wildman–Crippen MR) is 44.8 cm³/mol. The fourth-order valence-electron chi connectivity index (χ4n) is 0.729. The summed E-state index contributed by atoms with van der Waals surface area (Å²) in [6.45, 7) is 0. The Hall–Kier alpha value is -0.970. The highest BCUT2D eigenvalue weighted by molar-refractivity contribution is 9.10. The molecule has 0 atom stereocenters. The number of pyridine rings is 1. The molecule has 12 heavy (non-hydrogen) atoms. The minimum Gasteiger partial charge on any atom is -0.369 e. The molecule has 0 saturated heterocycles. The first kappa shape index (κ1) is 9.12. The van der Waals surface area contributed by atoms with Crippen molar-refractivity contribution in [2.75, 3.05) is 0 Å². The summed E-state index contributed by atoms with van der Waals surface area (Å²) in [6, 6.07) is 1.18. The molecule has 0 saturated carbocycles. The van der Waals surface area contributed by atoms with Crippen molar-refractivity contribution in [2.45, 2.75) is 6.42 Å². The van der Waals surface area contributed by atoms with E-state index in [4.69, 9.17) is 5.73 Å². The molecule has 1 rings (SSSR count). The number of rotatable bonds is 2. The van der Waals surface area contributed by atoms with Crippen molar-refractivity contribution in [2.24, 2.45) is 5.73 Å². The van der Waals surface area contributed by atoms with E-state index in [-0.39, 0.29) is 10.9 Å². The maximum Gasteiger partial charge on any atom is 0.223 e. The summed E-state index contributed by atoms with van der Waals surface area (Å²) in [4.78, 5) is 14.2. The number of aromatic nitrogens is 1. The lowest BCUT2D eigenvalue weighted by Crippen LogP contribution is -2.14. The number of halogens is 2. The van der Waals surface area contributed by atoms with E-state index in [0.717, 1.165) is 0 Å². The molecule has 0 aliphatic rings. The van der Waals surface area contributed by atoms with Gasteiger partial charge in [-0.3, -0.25) is 9.78 Å². The number of nitrogens with zero attached hydrogens (tertiary/aromatic N) is 1. The van der Waals surface area contributed by atoms with E-state index in [1.165, 1.54) is 12.3 Å². The van der Waals surface area contributed by atoms with E-state index in [1.54, 1.807) is 0 Å². The molecule has 0 fully saturated rings. The molecule has 1 aromatic rings. The number of primary amides is 1. The van der Waals surface area contributed by atoms with Crippen molar-refractivity contribution in [3.63, 3.8) is 0 Å². The molecular weight excluding hydrogens is 227 g/mol. The van der Waals surface area contributed by atoms with Gasteiger partial charge in [0.05, 0.1) is 16.6 Å². The van der Waals surface area contributed by atoms with Gasteiger partial charge in [-0.05, 0) is 22.0 Å². The van der Waals surface area contributed by atoms with Gasteiger partial charge in [-0.1, -0.05) is 0 Å². The van der Waals surface area contributed by atoms with E-state index in [1.807, 2.05) is 0 Å². The molecule has 0 aliphatic carbocycles. The van der Waals surface area contributed by atoms with E-state index < -0.39 is 11.7 Å². The summed E-state index contributed by atoms with van der Waals surface area (Å²) >= 11 is 2.94. The first-order chi connectivity index (χ1) is 5.59. The first-order valence-corrected chi connectivity index (χ1v) is 3.97. The molecule has 0 radical (unpaired) electrons. The molecule has 0 aromatic carbocycles. The lowest BCUT2D eigenvalue weighted by Gasteiger charge is -1.97. The molecule has 64 valence electrons. The Balaban J connectivity index is 2.89. The van der Waals surface area contributed by atoms with Crippen molar-refractivity contribution >= 4 is 21.8 Å². The number of carbonyl (C=O) groups excluding carboxylic acids is 1. The summed E-state index contributed by atoms with van der Waals surface area (Å²) < 4.78 is 13.1. The molecule has 2 N–H and O–H groups in total. The van der Waals surface area contributed by atoms with Crippen LogP contribution < -0.4 is 5.73 Å². The third kappa shape index (κ3) is 2.27. The number of hydrogen-bond donors (Lipinski definition) is 1. The van der Waals surface area contributed by atoms with E-state index >= 15 is 0 Å². The Morgan fingerprint density at radius 2 is 2.42 bits per heavy atom. The molecule has 1 amide bonds. The highest BCUT2D eigenvalue weighted by Gasteiger charge is 2.04. The third-order valence-corrected chi connectivity index (χ3v) is 1.80. The van der Waals surface area contributed by atoms with Crippen LogP contribution in [0.2, 0.25) is 0 Å². The zero-order chi connectivity index (χ0) is 9.14. The number of amides is 1. The molecule has 1 aromatic heterocycles. The van der Waals surface area contributed by atoms with E-state index in [9.17, 15) is 9.18 Å². The van der Waals surface area contributed by atoms with Gasteiger partial charge in [-0.15, -0.1) is 0 Å². The van der Waals surface area contributed by atoms with Gasteiger partial charge in [0.1, 0.15) is 5.82 Å². The summed E-state index contributed by atoms with van der Waals surface area (Å²) in [7, 11) is 0. The molecule has 0 unspecified atom stereocenters. The van der Waals surface area contributed by atoms with Crippen LogP contribution >= 0.6 is 15.9 Å². The van der Waals surface area contributed by atoms with Gasteiger partial charge in [0.25, 0.3) is 0 Å². The van der Waals surface area contributed by atoms with Crippen molar-refractivity contribution in [1.82, 2.24) is 4.98 Å². The second kappa shape index (κ2) is 3.62. The highest BCUT2D eigenvalue weighted by atomic mass is 79.9. The molecule has 0 spiro atoms. The van der Waals surface area contributed by atoms with Gasteiger partial charge in [-0.2, -0.15) is 0 Å². The minimum absolute atomic E-state index is 0.0375. The lowest BCUT2D eigenvalue weighted by molar-refractivity contribution is -0.117. The van der Waals surface area contributed by atoms with E-state index in [0.29, 0.717) is 5.69 Å². The van der Waals surface area contributed by atoms with Crippen LogP contribution in [0.3, 0.4) is 0 Å². The number of carbonyl (C=O) groups is 1. The maximum atomic E-state index is 12.8. The Bertz CT molecular complexity index is 316. The van der Waals surface area contributed by atoms with Gasteiger partial charge in [0.15, 0.2) is 0 Å². The Labute approximate surface area is 76.9 Å². The Morgan fingerprint density at radius 1 is 1.75 bits per heavy atom. The highest BCUT2D eigenvalue weighted by Crippen LogP contribution is 2.13. The van der Waals surface area contributed by atoms with Crippen LogP contribution in [0.5, 0.6) is 0 Å². The SMILES string of the molecule is NC(=O)Cc1cc(F)c(Br)cn1. The lowest BCUT2D eigenvalue weighted by atomic mass is 10.2. The van der Waals surface area contributed by atoms with Crippen molar-refractivity contribution in [1.29, 1.82) is 0 Å². The molecule has 5 heteroatoms. The smallest absolute Gasteiger partial charge is 0.223 e. The van der Waals surface area contributed by atoms with Crippen LogP contribution in [0.25, 0.3) is 0 Å². The predicted octanol–water partition coefficient (Wildman–Crippen LogP) is 1.01. The van der Waals surface area contributed by atoms with Crippen LogP contribution in [-0.4, -0.2) is 10.9 Å². The molecular formula is C7H6BrFN2O. The van der Waals surface area contributed by atoms with Gasteiger partial charge in [0.2, 0.25) is 5.91 Å². The molecule has 0 bridgehead atoms. The van der Waals surface area contributed by atoms with Gasteiger partial charge < -0.3 is 5.73 Å². The van der Waals surface area contributed by atoms with E-state index in [2.05, 4.69) is 20.9 Å². The number of nitrogens with two attached hydrogens (primary N) is 1. The largest absolute Gasteiger partial charge is 0.369 e. The normalized spacial score (nSPS) is 9.83. The quantitative estimate of drug-likeness (QED) is 0.828. The minimum atomic E-state index is -0.524. The Kier molecular flexibility index (Phi) is 2.75. The standard InChI is InChI=1S/C7H6BrFN2O/c8-5-3-11-4(1-6(5)9)2-7(10)12/h1,3H,2H2,(H2,10,12). The topological polar surface area (TPSA) is 56.0 Å². The van der Waals surface area contributed by atoms with Gasteiger partial charge in [-0.25, -0.2) is 4.39 Å². The summed E-state index contributed by atoms with van der Waals surface area (Å²) in [6.07, 6.45) is 1.26. The monoisotopic (exact) mass is 232 g/mol. The van der Waals surface area contributed by atoms with Crippen molar-refractivity contribution < 1.29 is 9.18 Å². The zero-order valence-electron chi connectivity index (χ0n) is 6.05. The fourth-order valence-corrected chi connectivity index (χ4v) is 0.946. The van der Waals surface area contributed by atoms with Crippen molar-refractivity contribution in [3.8, 4) is 0 Å². The van der Waals surface area contributed by atoms with Crippen LogP contribution in [0.15, 0.2) is 16.7 Å². The van der Waals surface area contributed by atoms with Crippen molar-refractivity contribution in [3.05, 3.63) is 28.2 Å². The average Bonchev–Trinajstić information content (AvgIpc) is 1.96. The van der Waals surface area contributed by atoms with Crippen LogP contribution in [0, 0.1) is 5.82 Å².